The Bertz CT molecular complexity index is 1540. The van der Waals surface area contributed by atoms with E-state index < -0.39 is 11.4 Å². The number of esters is 2. The van der Waals surface area contributed by atoms with Gasteiger partial charge in [0.15, 0.2) is 0 Å². The Morgan fingerprint density at radius 1 is 0.768 bits per heavy atom. The predicted molar refractivity (Wildman–Crippen MR) is 227 cm³/mol. The maximum atomic E-state index is 13.0. The first-order valence-electron chi connectivity index (χ1n) is 21.8. The molecule has 7 nitrogen and oxygen atoms in total. The van der Waals surface area contributed by atoms with Crippen LogP contribution in [0.2, 0.25) is 0 Å². The predicted octanol–water partition coefficient (Wildman–Crippen LogP) is 11.2. The normalized spacial score (nSPS) is 20.0. The molecule has 0 atom stereocenters. The van der Waals surface area contributed by atoms with Crippen LogP contribution >= 0.6 is 0 Å². The van der Waals surface area contributed by atoms with Gasteiger partial charge < -0.3 is 24.4 Å². The van der Waals surface area contributed by atoms with Crippen molar-refractivity contribution in [2.75, 3.05) is 26.4 Å². The van der Waals surface area contributed by atoms with Crippen LogP contribution in [0, 0.1) is 29.1 Å². The molecule has 310 valence electrons. The standard InChI is InChI=1S/C49H72O7/c1-7-8-10-13-37-15-21-40(22-16-37)41-23-19-39(20-24-41)32-55-44-30-43(14-11-9-12-29-54-47(52)35(2)3)46(45(31-44)56-48(53)36(4)5)42-25-17-38(18-26-42)27-28-49(6,33-50)34-51/h17-18,25-26,30-31,37,39-41,50-51H,2,4,7-16,19-24,27-29,32-34H2,1,3,5-6H3. The zero-order valence-electron chi connectivity index (χ0n) is 35.2. The molecule has 2 aromatic carbocycles. The summed E-state index contributed by atoms with van der Waals surface area (Å²) in [5.41, 5.74) is 4.08. The third-order valence-corrected chi connectivity index (χ3v) is 12.6. The van der Waals surface area contributed by atoms with Gasteiger partial charge in [0.2, 0.25) is 0 Å². The first-order chi connectivity index (χ1) is 26.9. The van der Waals surface area contributed by atoms with Crippen LogP contribution in [0.5, 0.6) is 11.5 Å². The molecule has 0 amide bonds. The van der Waals surface area contributed by atoms with Gasteiger partial charge in [-0.25, -0.2) is 9.59 Å². The first kappa shape index (κ1) is 45.3. The van der Waals surface area contributed by atoms with Gasteiger partial charge in [0.25, 0.3) is 0 Å². The van der Waals surface area contributed by atoms with Gasteiger partial charge in [-0.05, 0) is 137 Å². The van der Waals surface area contributed by atoms with Crippen LogP contribution in [0.25, 0.3) is 11.1 Å². The van der Waals surface area contributed by atoms with Crippen molar-refractivity contribution < 1.29 is 34.0 Å². The lowest BCUT2D eigenvalue weighted by Crippen LogP contribution is -2.27. The summed E-state index contributed by atoms with van der Waals surface area (Å²) in [6.45, 7) is 15.8. The second-order valence-corrected chi connectivity index (χ2v) is 17.5. The summed E-state index contributed by atoms with van der Waals surface area (Å²) in [6, 6.07) is 12.2. The Hall–Kier alpha value is -3.42. The quantitative estimate of drug-likeness (QED) is 0.0502. The van der Waals surface area contributed by atoms with Crippen molar-refractivity contribution in [3.63, 3.8) is 0 Å². The summed E-state index contributed by atoms with van der Waals surface area (Å²) in [5.74, 6) is 3.53. The highest BCUT2D eigenvalue weighted by Gasteiger charge is 2.31. The van der Waals surface area contributed by atoms with E-state index in [1.54, 1.807) is 13.8 Å². The summed E-state index contributed by atoms with van der Waals surface area (Å²) >= 11 is 0. The van der Waals surface area contributed by atoms with Crippen LogP contribution in [-0.4, -0.2) is 48.6 Å². The van der Waals surface area contributed by atoms with E-state index in [-0.39, 0.29) is 19.2 Å². The van der Waals surface area contributed by atoms with Crippen molar-refractivity contribution in [1.29, 1.82) is 0 Å². The summed E-state index contributed by atoms with van der Waals surface area (Å²) < 4.78 is 18.0. The van der Waals surface area contributed by atoms with E-state index in [1.807, 2.05) is 13.0 Å². The lowest BCUT2D eigenvalue weighted by Gasteiger charge is -2.38. The summed E-state index contributed by atoms with van der Waals surface area (Å²) in [6.07, 6.45) is 20.7. The molecule has 2 N–H and O–H groups in total. The molecule has 56 heavy (non-hydrogen) atoms. The Balaban J connectivity index is 1.48. The van der Waals surface area contributed by atoms with Gasteiger partial charge in [0, 0.05) is 28.2 Å². The van der Waals surface area contributed by atoms with Crippen LogP contribution < -0.4 is 9.47 Å². The molecule has 0 bridgehead atoms. The van der Waals surface area contributed by atoms with Gasteiger partial charge in [-0.1, -0.05) is 89.8 Å². The van der Waals surface area contributed by atoms with Crippen molar-refractivity contribution in [2.45, 2.75) is 143 Å². The lowest BCUT2D eigenvalue weighted by atomic mass is 9.69. The molecule has 0 saturated heterocycles. The van der Waals surface area contributed by atoms with Crippen LogP contribution in [0.1, 0.15) is 142 Å². The number of aliphatic hydroxyl groups excluding tert-OH is 2. The number of hydrogen-bond donors (Lipinski definition) is 2. The lowest BCUT2D eigenvalue weighted by molar-refractivity contribution is -0.139. The molecule has 2 aliphatic rings. The molecule has 2 aliphatic carbocycles. The van der Waals surface area contributed by atoms with Gasteiger partial charge in [-0.3, -0.25) is 0 Å². The smallest absolute Gasteiger partial charge is 0.338 e. The maximum absolute atomic E-state index is 13.0. The molecule has 2 aromatic rings. The molecule has 0 heterocycles. The van der Waals surface area contributed by atoms with Crippen LogP contribution in [0.15, 0.2) is 60.7 Å². The number of unbranched alkanes of at least 4 members (excludes halogenated alkanes) is 4. The summed E-state index contributed by atoms with van der Waals surface area (Å²) in [5, 5.41) is 19.6. The Labute approximate surface area is 338 Å². The highest BCUT2D eigenvalue weighted by molar-refractivity contribution is 5.90. The third-order valence-electron chi connectivity index (χ3n) is 12.6. The average molecular weight is 773 g/mol. The van der Waals surface area contributed by atoms with Crippen LogP contribution in [-0.2, 0) is 27.2 Å². The molecule has 0 radical (unpaired) electrons. The van der Waals surface area contributed by atoms with Crippen molar-refractivity contribution in [1.82, 2.24) is 0 Å². The van der Waals surface area contributed by atoms with E-state index in [4.69, 9.17) is 14.2 Å². The highest BCUT2D eigenvalue weighted by atomic mass is 16.5. The van der Waals surface area contributed by atoms with E-state index in [1.165, 1.54) is 77.0 Å². The maximum Gasteiger partial charge on any atom is 0.338 e. The number of aliphatic hydroxyl groups is 2. The fourth-order valence-corrected chi connectivity index (χ4v) is 8.57. The molecule has 2 saturated carbocycles. The Morgan fingerprint density at radius 2 is 1.39 bits per heavy atom. The van der Waals surface area contributed by atoms with E-state index in [0.29, 0.717) is 54.6 Å². The number of carbonyl (C=O) groups is 2. The average Bonchev–Trinajstić information content (AvgIpc) is 3.21. The summed E-state index contributed by atoms with van der Waals surface area (Å²) in [4.78, 5) is 24.9. The van der Waals surface area contributed by atoms with E-state index in [2.05, 4.69) is 50.4 Å². The Kier molecular flexibility index (Phi) is 18.7. The summed E-state index contributed by atoms with van der Waals surface area (Å²) in [7, 11) is 0. The molecule has 2 fully saturated rings. The molecule has 0 aliphatic heterocycles. The monoisotopic (exact) mass is 773 g/mol. The van der Waals surface area contributed by atoms with Gasteiger partial charge in [-0.2, -0.15) is 0 Å². The zero-order valence-corrected chi connectivity index (χ0v) is 35.2. The third kappa shape index (κ3) is 14.2. The molecule has 4 rings (SSSR count). The van der Waals surface area contributed by atoms with Crippen molar-refractivity contribution >= 4 is 11.9 Å². The fourth-order valence-electron chi connectivity index (χ4n) is 8.57. The van der Waals surface area contributed by atoms with Crippen LogP contribution in [0.3, 0.4) is 0 Å². The van der Waals surface area contributed by atoms with Crippen molar-refractivity contribution in [3.05, 3.63) is 71.8 Å². The van der Waals surface area contributed by atoms with Crippen molar-refractivity contribution in [2.24, 2.45) is 29.1 Å². The minimum Gasteiger partial charge on any atom is -0.493 e. The zero-order chi connectivity index (χ0) is 40.5. The minimum atomic E-state index is -0.541. The number of ether oxygens (including phenoxy) is 3. The van der Waals surface area contributed by atoms with Gasteiger partial charge >= 0.3 is 11.9 Å². The Morgan fingerprint density at radius 3 is 1.98 bits per heavy atom. The number of rotatable bonds is 23. The second-order valence-electron chi connectivity index (χ2n) is 17.5. The largest absolute Gasteiger partial charge is 0.493 e. The first-order valence-corrected chi connectivity index (χ1v) is 21.8. The minimum absolute atomic E-state index is 0.0749. The topological polar surface area (TPSA) is 102 Å². The van der Waals surface area contributed by atoms with E-state index >= 15 is 0 Å². The highest BCUT2D eigenvalue weighted by Crippen LogP contribution is 2.43. The molecular formula is C49H72O7. The van der Waals surface area contributed by atoms with Gasteiger partial charge in [0.1, 0.15) is 11.5 Å². The van der Waals surface area contributed by atoms with Gasteiger partial charge in [-0.15, -0.1) is 0 Å². The molecular weight excluding hydrogens is 701 g/mol. The molecule has 7 heteroatoms. The fraction of sp³-hybridized carbons (Fsp3) is 0.633. The van der Waals surface area contributed by atoms with Crippen molar-refractivity contribution in [3.8, 4) is 22.6 Å². The number of benzene rings is 2. The number of carbonyl (C=O) groups excluding carboxylic acids is 2. The van der Waals surface area contributed by atoms with E-state index in [9.17, 15) is 19.8 Å². The molecule has 0 aromatic heterocycles. The SMILES string of the molecule is C=C(C)C(=O)OCCCCCc1cc(OCC2CCC(C3CCC(CCCCC)CC3)CC2)cc(OC(=O)C(=C)C)c1-c1ccc(CCC(C)(CO)CO)cc1. The molecule has 0 spiro atoms. The molecule has 0 unspecified atom stereocenters. The second kappa shape index (κ2) is 23.1. The number of hydrogen-bond acceptors (Lipinski definition) is 7. The van der Waals surface area contributed by atoms with Crippen LogP contribution in [0.4, 0.5) is 0 Å². The van der Waals surface area contributed by atoms with E-state index in [0.717, 1.165) is 65.7 Å². The van der Waals surface area contributed by atoms with Gasteiger partial charge in [0.05, 0.1) is 26.4 Å². The number of aryl methyl sites for hydroxylation is 2.